The van der Waals surface area contributed by atoms with E-state index < -0.39 is 6.04 Å². The van der Waals surface area contributed by atoms with Crippen LogP contribution in [0.15, 0.2) is 11.6 Å². The van der Waals surface area contributed by atoms with Crippen LogP contribution in [0.5, 0.6) is 0 Å². The zero-order chi connectivity index (χ0) is 26.0. The summed E-state index contributed by atoms with van der Waals surface area (Å²) in [5.41, 5.74) is 0.480. The molecule has 0 bridgehead atoms. The summed E-state index contributed by atoms with van der Waals surface area (Å²) in [6.45, 7) is 17.0. The van der Waals surface area contributed by atoms with Crippen LogP contribution in [0.3, 0.4) is 0 Å². The van der Waals surface area contributed by atoms with E-state index in [1.54, 1.807) is 31.9 Å². The highest BCUT2D eigenvalue weighted by Gasteiger charge is 2.36. The zero-order valence-electron chi connectivity index (χ0n) is 23.0. The number of rotatable bonds is 12. The molecule has 0 aromatic rings. The lowest BCUT2D eigenvalue weighted by Crippen LogP contribution is -2.59. The molecule has 1 fully saturated rings. The number of carbonyl (C=O) groups excluding carboxylic acids is 3. The second-order valence-corrected chi connectivity index (χ2v) is 10.2. The van der Waals surface area contributed by atoms with Gasteiger partial charge in [-0.1, -0.05) is 54.0 Å². The van der Waals surface area contributed by atoms with Crippen molar-refractivity contribution in [1.82, 2.24) is 15.1 Å². The standard InChI is InChI=1S/C27H49N3O4/c1-10-21(11-2)30-16-14-13-15-22(30)25(31)28-24(19(6)7)26(32)29(9)23(18(4)5)17-20(8)27(33)34-12-3/h17-19,21-24H,10-16H2,1-9H3,(H,28,31)/b20-17+/t22-,23-,24?/m1/s1. The van der Waals surface area contributed by atoms with E-state index >= 15 is 0 Å². The monoisotopic (exact) mass is 479 g/mol. The van der Waals surface area contributed by atoms with Gasteiger partial charge in [-0.05, 0) is 57.9 Å². The third kappa shape index (κ3) is 8.10. The van der Waals surface area contributed by atoms with Crippen molar-refractivity contribution < 1.29 is 19.1 Å². The van der Waals surface area contributed by atoms with Crippen LogP contribution in [0.4, 0.5) is 0 Å². The predicted octanol–water partition coefficient (Wildman–Crippen LogP) is 4.16. The van der Waals surface area contributed by atoms with Crippen LogP contribution in [-0.4, -0.2) is 72.0 Å². The molecule has 2 amide bonds. The molecular weight excluding hydrogens is 430 g/mol. The van der Waals surface area contributed by atoms with Gasteiger partial charge in [0, 0.05) is 18.7 Å². The second-order valence-electron chi connectivity index (χ2n) is 10.2. The van der Waals surface area contributed by atoms with E-state index in [0.29, 0.717) is 18.2 Å². The quantitative estimate of drug-likeness (QED) is 0.336. The molecule has 0 saturated carbocycles. The van der Waals surface area contributed by atoms with Crippen LogP contribution in [0.1, 0.15) is 87.5 Å². The maximum absolute atomic E-state index is 13.6. The minimum absolute atomic E-state index is 0.0496. The van der Waals surface area contributed by atoms with Gasteiger partial charge in [0.1, 0.15) is 6.04 Å². The van der Waals surface area contributed by atoms with Crippen LogP contribution in [0.2, 0.25) is 0 Å². The number of likely N-dealkylation sites (tertiary alicyclic amines) is 1. The fraction of sp³-hybridized carbons (Fsp3) is 0.815. The Kier molecular flexibility index (Phi) is 12.9. The summed E-state index contributed by atoms with van der Waals surface area (Å²) in [6.07, 6.45) is 6.79. The van der Waals surface area contributed by atoms with E-state index in [1.807, 2.05) is 27.7 Å². The van der Waals surface area contributed by atoms with Gasteiger partial charge >= 0.3 is 5.97 Å². The molecule has 1 aliphatic rings. The van der Waals surface area contributed by atoms with E-state index in [9.17, 15) is 14.4 Å². The lowest BCUT2D eigenvalue weighted by Gasteiger charge is -2.41. The summed E-state index contributed by atoms with van der Waals surface area (Å²) in [7, 11) is 1.75. The van der Waals surface area contributed by atoms with Crippen molar-refractivity contribution in [2.24, 2.45) is 11.8 Å². The van der Waals surface area contributed by atoms with Crippen LogP contribution in [0.25, 0.3) is 0 Å². The molecule has 0 aromatic heterocycles. The third-order valence-electron chi connectivity index (χ3n) is 6.98. The number of ether oxygens (including phenoxy) is 1. The molecule has 1 heterocycles. The highest BCUT2D eigenvalue weighted by molar-refractivity contribution is 5.91. The van der Waals surface area contributed by atoms with Crippen molar-refractivity contribution in [2.75, 3.05) is 20.2 Å². The number of piperidine rings is 1. The fourth-order valence-electron chi connectivity index (χ4n) is 4.88. The van der Waals surface area contributed by atoms with E-state index in [-0.39, 0.29) is 41.7 Å². The van der Waals surface area contributed by atoms with Crippen molar-refractivity contribution in [3.63, 3.8) is 0 Å². The molecule has 1 rings (SSSR count). The number of hydrogen-bond donors (Lipinski definition) is 1. The molecule has 0 aromatic carbocycles. The maximum atomic E-state index is 13.6. The third-order valence-corrected chi connectivity index (χ3v) is 6.98. The van der Waals surface area contributed by atoms with Gasteiger partial charge in [0.25, 0.3) is 0 Å². The van der Waals surface area contributed by atoms with Gasteiger partial charge in [-0.15, -0.1) is 0 Å². The van der Waals surface area contributed by atoms with Crippen LogP contribution in [-0.2, 0) is 19.1 Å². The topological polar surface area (TPSA) is 79.0 Å². The maximum Gasteiger partial charge on any atom is 0.333 e. The van der Waals surface area contributed by atoms with Crippen molar-refractivity contribution >= 4 is 17.8 Å². The summed E-state index contributed by atoms with van der Waals surface area (Å²) in [5.74, 6) is -0.537. The highest BCUT2D eigenvalue weighted by atomic mass is 16.5. The number of nitrogens with one attached hydrogen (secondary N) is 1. The van der Waals surface area contributed by atoms with Gasteiger partial charge in [-0.25, -0.2) is 4.79 Å². The molecule has 196 valence electrons. The van der Waals surface area contributed by atoms with Gasteiger partial charge < -0.3 is 15.0 Å². The van der Waals surface area contributed by atoms with E-state index in [0.717, 1.165) is 38.6 Å². The molecule has 0 radical (unpaired) electrons. The lowest BCUT2D eigenvalue weighted by atomic mass is 9.94. The van der Waals surface area contributed by atoms with E-state index in [4.69, 9.17) is 4.74 Å². The van der Waals surface area contributed by atoms with Crippen LogP contribution < -0.4 is 5.32 Å². The molecule has 1 unspecified atom stereocenters. The Morgan fingerprint density at radius 2 is 1.68 bits per heavy atom. The van der Waals surface area contributed by atoms with Crippen LogP contribution in [0, 0.1) is 11.8 Å². The van der Waals surface area contributed by atoms with Crippen molar-refractivity contribution in [2.45, 2.75) is 112 Å². The largest absolute Gasteiger partial charge is 0.463 e. The molecular formula is C27H49N3O4. The molecule has 3 atom stereocenters. The van der Waals surface area contributed by atoms with Gasteiger partial charge in [0.2, 0.25) is 11.8 Å². The Morgan fingerprint density at radius 3 is 2.18 bits per heavy atom. The van der Waals surface area contributed by atoms with Gasteiger partial charge in [0.05, 0.1) is 18.7 Å². The Bertz CT molecular complexity index is 700. The first kappa shape index (κ1) is 30.1. The minimum atomic E-state index is -0.625. The molecule has 0 spiro atoms. The highest BCUT2D eigenvalue weighted by Crippen LogP contribution is 2.24. The van der Waals surface area contributed by atoms with Crippen LogP contribution >= 0.6 is 0 Å². The van der Waals surface area contributed by atoms with E-state index in [2.05, 4.69) is 24.1 Å². The predicted molar refractivity (Wildman–Crippen MR) is 137 cm³/mol. The molecule has 7 nitrogen and oxygen atoms in total. The molecule has 34 heavy (non-hydrogen) atoms. The number of carbonyl (C=O) groups is 3. The molecule has 1 N–H and O–H groups in total. The summed E-state index contributed by atoms with van der Waals surface area (Å²) in [6, 6.07) is -0.718. The van der Waals surface area contributed by atoms with Gasteiger partial charge in [-0.3, -0.25) is 14.5 Å². The average Bonchev–Trinajstić information content (AvgIpc) is 2.80. The van der Waals surface area contributed by atoms with Crippen molar-refractivity contribution in [1.29, 1.82) is 0 Å². The Balaban J connectivity index is 3.09. The minimum Gasteiger partial charge on any atom is -0.463 e. The smallest absolute Gasteiger partial charge is 0.333 e. The molecule has 0 aliphatic carbocycles. The van der Waals surface area contributed by atoms with Crippen molar-refractivity contribution in [3.05, 3.63) is 11.6 Å². The molecule has 1 aliphatic heterocycles. The SMILES string of the molecule is CCOC(=O)/C(C)=C/[C@H](C(C)C)N(C)C(=O)C(NC(=O)[C@H]1CCCCN1C(CC)CC)C(C)C. The number of amides is 2. The summed E-state index contributed by atoms with van der Waals surface area (Å²) in [4.78, 5) is 43.2. The van der Waals surface area contributed by atoms with Gasteiger partial charge in [-0.2, -0.15) is 0 Å². The Morgan fingerprint density at radius 1 is 1.06 bits per heavy atom. The first-order valence-corrected chi connectivity index (χ1v) is 13.2. The zero-order valence-corrected chi connectivity index (χ0v) is 23.0. The Hall–Kier alpha value is -1.89. The van der Waals surface area contributed by atoms with Gasteiger partial charge in [0.15, 0.2) is 0 Å². The van der Waals surface area contributed by atoms with E-state index in [1.165, 1.54) is 0 Å². The first-order valence-electron chi connectivity index (χ1n) is 13.2. The summed E-state index contributed by atoms with van der Waals surface area (Å²) < 4.78 is 5.11. The Labute approximate surface area is 207 Å². The number of esters is 1. The summed E-state index contributed by atoms with van der Waals surface area (Å²) in [5, 5.41) is 3.11. The summed E-state index contributed by atoms with van der Waals surface area (Å²) >= 11 is 0. The lowest BCUT2D eigenvalue weighted by molar-refractivity contribution is -0.140. The first-order chi connectivity index (χ1) is 16.0. The normalized spacial score (nSPS) is 19.3. The van der Waals surface area contributed by atoms with Crippen molar-refractivity contribution in [3.8, 4) is 0 Å². The number of nitrogens with zero attached hydrogens (tertiary/aromatic N) is 2. The number of hydrogen-bond acceptors (Lipinski definition) is 5. The molecule has 1 saturated heterocycles. The second kappa shape index (κ2) is 14.5. The molecule has 7 heteroatoms. The fourth-order valence-corrected chi connectivity index (χ4v) is 4.88. The number of likely N-dealkylation sites (N-methyl/N-ethyl adjacent to an activating group) is 1. The average molecular weight is 480 g/mol.